The number of rotatable bonds is 2. The maximum atomic E-state index is 10.6. The summed E-state index contributed by atoms with van der Waals surface area (Å²) in [5, 5.41) is 14.5. The Morgan fingerprint density at radius 3 is 2.95 bits per heavy atom. The minimum absolute atomic E-state index is 0.0644. The molecule has 2 aliphatic heterocycles. The van der Waals surface area contributed by atoms with E-state index in [4.69, 9.17) is 21.1 Å². The first-order valence-corrected chi connectivity index (χ1v) is 8.03. The van der Waals surface area contributed by atoms with Gasteiger partial charge in [-0.25, -0.2) is 0 Å². The second-order valence-electron chi connectivity index (χ2n) is 6.02. The third-order valence-electron chi connectivity index (χ3n) is 4.25. The van der Waals surface area contributed by atoms with Crippen LogP contribution in [0.3, 0.4) is 0 Å². The molecule has 0 bridgehead atoms. The van der Waals surface area contributed by atoms with E-state index in [2.05, 4.69) is 12.2 Å². The number of fused-ring (bicyclic) bond motifs is 1. The van der Waals surface area contributed by atoms with Crippen molar-refractivity contribution in [3.63, 3.8) is 0 Å². The fraction of sp³-hybridized carbons (Fsp3) is 0.625. The molecule has 1 saturated heterocycles. The summed E-state index contributed by atoms with van der Waals surface area (Å²) in [7, 11) is 0. The van der Waals surface area contributed by atoms with Gasteiger partial charge in [-0.3, -0.25) is 0 Å². The summed E-state index contributed by atoms with van der Waals surface area (Å²) in [4.78, 5) is 0. The van der Waals surface area contributed by atoms with Gasteiger partial charge in [-0.15, -0.1) is 0 Å². The van der Waals surface area contributed by atoms with Gasteiger partial charge in [0, 0.05) is 12.5 Å². The lowest BCUT2D eigenvalue weighted by Crippen LogP contribution is -2.41. The molecule has 0 radical (unpaired) electrons. The lowest BCUT2D eigenvalue weighted by Gasteiger charge is -2.32. The number of aliphatic hydroxyl groups excluding tert-OH is 1. The average molecular weight is 312 g/mol. The summed E-state index contributed by atoms with van der Waals surface area (Å²) in [5.74, 6) is 1.86. The third kappa shape index (κ3) is 3.28. The third-order valence-corrected chi connectivity index (χ3v) is 4.53. The van der Waals surface area contributed by atoms with Gasteiger partial charge in [0.25, 0.3) is 0 Å². The fourth-order valence-corrected chi connectivity index (χ4v) is 3.32. The molecule has 2 heterocycles. The van der Waals surface area contributed by atoms with Crippen molar-refractivity contribution in [3.05, 3.63) is 22.7 Å². The van der Waals surface area contributed by atoms with Gasteiger partial charge in [0.15, 0.2) is 11.5 Å². The summed E-state index contributed by atoms with van der Waals surface area (Å²) in [6.45, 7) is 4.39. The van der Waals surface area contributed by atoms with Crippen LogP contribution in [-0.4, -0.2) is 30.9 Å². The van der Waals surface area contributed by atoms with Crippen molar-refractivity contribution in [2.75, 3.05) is 19.8 Å². The molecule has 0 aromatic heterocycles. The van der Waals surface area contributed by atoms with Crippen LogP contribution in [0.15, 0.2) is 12.1 Å². The van der Waals surface area contributed by atoms with Gasteiger partial charge in [0.2, 0.25) is 0 Å². The van der Waals surface area contributed by atoms with Crippen LogP contribution in [0, 0.1) is 5.92 Å². The number of benzene rings is 1. The van der Waals surface area contributed by atoms with E-state index < -0.39 is 6.10 Å². The first-order chi connectivity index (χ1) is 10.1. The minimum atomic E-state index is -0.581. The Bertz CT molecular complexity index is 509. The zero-order chi connectivity index (χ0) is 14.8. The van der Waals surface area contributed by atoms with Crippen molar-refractivity contribution >= 4 is 11.6 Å². The topological polar surface area (TPSA) is 50.7 Å². The molecule has 3 rings (SSSR count). The van der Waals surface area contributed by atoms with Gasteiger partial charge in [-0.2, -0.15) is 0 Å². The normalized spacial score (nSPS) is 27.0. The maximum Gasteiger partial charge on any atom is 0.179 e. The Morgan fingerprint density at radius 2 is 2.14 bits per heavy atom. The van der Waals surface area contributed by atoms with E-state index >= 15 is 0 Å². The van der Waals surface area contributed by atoms with Crippen LogP contribution in [0.25, 0.3) is 0 Å². The van der Waals surface area contributed by atoms with E-state index in [1.54, 1.807) is 6.07 Å². The SMILES string of the molecule is CC1CCNC(C(O)c2cc(Cl)c3c(c2)OCCCO3)C1. The number of aliphatic hydroxyl groups is 1. The van der Waals surface area contributed by atoms with Gasteiger partial charge in [-0.05, 0) is 43.0 Å². The Balaban J connectivity index is 1.84. The first-order valence-electron chi connectivity index (χ1n) is 7.65. The number of nitrogens with one attached hydrogen (secondary N) is 1. The summed E-state index contributed by atoms with van der Waals surface area (Å²) < 4.78 is 11.3. The maximum absolute atomic E-state index is 10.6. The van der Waals surface area contributed by atoms with E-state index in [-0.39, 0.29) is 6.04 Å². The smallest absolute Gasteiger partial charge is 0.179 e. The van der Waals surface area contributed by atoms with Gasteiger partial charge in [-0.1, -0.05) is 18.5 Å². The second kappa shape index (κ2) is 6.42. The Hall–Kier alpha value is -0.970. The van der Waals surface area contributed by atoms with Crippen LogP contribution in [0.4, 0.5) is 0 Å². The quantitative estimate of drug-likeness (QED) is 0.882. The van der Waals surface area contributed by atoms with Crippen LogP contribution < -0.4 is 14.8 Å². The van der Waals surface area contributed by atoms with E-state index in [1.165, 1.54) is 0 Å². The summed E-state index contributed by atoms with van der Waals surface area (Å²) in [5.41, 5.74) is 0.788. The van der Waals surface area contributed by atoms with Crippen molar-refractivity contribution in [2.45, 2.75) is 38.3 Å². The molecular weight excluding hydrogens is 290 g/mol. The highest BCUT2D eigenvalue weighted by atomic mass is 35.5. The lowest BCUT2D eigenvalue weighted by atomic mass is 9.88. The molecule has 5 heteroatoms. The molecule has 3 atom stereocenters. The number of piperidine rings is 1. The molecule has 3 unspecified atom stereocenters. The Labute approximate surface area is 130 Å². The first kappa shape index (κ1) is 14.9. The summed E-state index contributed by atoms with van der Waals surface area (Å²) in [6.07, 6.45) is 2.38. The van der Waals surface area contributed by atoms with E-state index in [0.717, 1.165) is 31.4 Å². The molecule has 4 nitrogen and oxygen atoms in total. The highest BCUT2D eigenvalue weighted by Crippen LogP contribution is 2.40. The zero-order valence-electron chi connectivity index (χ0n) is 12.3. The number of hydrogen-bond acceptors (Lipinski definition) is 4. The van der Waals surface area contributed by atoms with Crippen LogP contribution >= 0.6 is 11.6 Å². The predicted molar refractivity (Wildman–Crippen MR) is 82.2 cm³/mol. The largest absolute Gasteiger partial charge is 0.489 e. The van der Waals surface area contributed by atoms with Gasteiger partial charge in [0.05, 0.1) is 24.3 Å². The zero-order valence-corrected chi connectivity index (χ0v) is 13.0. The van der Waals surface area contributed by atoms with Crippen LogP contribution in [-0.2, 0) is 0 Å². The molecule has 116 valence electrons. The van der Waals surface area contributed by atoms with Gasteiger partial charge >= 0.3 is 0 Å². The van der Waals surface area contributed by atoms with Crippen LogP contribution in [0.5, 0.6) is 11.5 Å². The van der Waals surface area contributed by atoms with Crippen molar-refractivity contribution < 1.29 is 14.6 Å². The summed E-state index contributed by atoms with van der Waals surface area (Å²) in [6, 6.07) is 3.72. The molecule has 0 amide bonds. The highest BCUT2D eigenvalue weighted by molar-refractivity contribution is 6.32. The Morgan fingerprint density at radius 1 is 1.33 bits per heavy atom. The summed E-state index contributed by atoms with van der Waals surface area (Å²) >= 11 is 6.30. The van der Waals surface area contributed by atoms with Crippen molar-refractivity contribution in [1.29, 1.82) is 0 Å². The highest BCUT2D eigenvalue weighted by Gasteiger charge is 2.27. The Kier molecular flexibility index (Phi) is 4.57. The van der Waals surface area contributed by atoms with Crippen LogP contribution in [0.1, 0.15) is 37.9 Å². The minimum Gasteiger partial charge on any atom is -0.489 e. The number of halogens is 1. The standard InChI is InChI=1S/C16H22ClNO3/c1-10-3-4-18-13(7-10)15(19)11-8-12(17)16-14(9-11)20-5-2-6-21-16/h8-10,13,15,18-19H,2-7H2,1H3. The molecular formula is C16H22ClNO3. The van der Waals surface area contributed by atoms with Gasteiger partial charge in [0.1, 0.15) is 0 Å². The molecule has 0 aliphatic carbocycles. The van der Waals surface area contributed by atoms with E-state index in [9.17, 15) is 5.11 Å². The average Bonchev–Trinajstić information content (AvgIpc) is 2.72. The van der Waals surface area contributed by atoms with Crippen molar-refractivity contribution in [1.82, 2.24) is 5.32 Å². The fourth-order valence-electron chi connectivity index (χ4n) is 3.04. The number of ether oxygens (including phenoxy) is 2. The van der Waals surface area contributed by atoms with E-state index in [1.807, 2.05) is 6.07 Å². The molecule has 1 aromatic carbocycles. The molecule has 2 aliphatic rings. The molecule has 1 fully saturated rings. The van der Waals surface area contributed by atoms with Crippen molar-refractivity contribution in [2.24, 2.45) is 5.92 Å². The molecule has 2 N–H and O–H groups in total. The second-order valence-corrected chi connectivity index (χ2v) is 6.42. The van der Waals surface area contributed by atoms with Crippen LogP contribution in [0.2, 0.25) is 5.02 Å². The predicted octanol–water partition coefficient (Wildman–Crippen LogP) is 2.92. The molecule has 0 saturated carbocycles. The number of hydrogen-bond donors (Lipinski definition) is 2. The van der Waals surface area contributed by atoms with Crippen molar-refractivity contribution in [3.8, 4) is 11.5 Å². The van der Waals surface area contributed by atoms with Gasteiger partial charge < -0.3 is 19.9 Å². The monoisotopic (exact) mass is 311 g/mol. The molecule has 0 spiro atoms. The van der Waals surface area contributed by atoms with E-state index in [0.29, 0.717) is 35.7 Å². The lowest BCUT2D eigenvalue weighted by molar-refractivity contribution is 0.101. The molecule has 1 aromatic rings. The molecule has 21 heavy (non-hydrogen) atoms.